The zero-order valence-electron chi connectivity index (χ0n) is 11.9. The smallest absolute Gasteiger partial charge is 0.290 e. The normalized spacial score (nSPS) is 23.3. The monoisotopic (exact) mass is 264 g/mol. The zero-order chi connectivity index (χ0) is 13.8. The van der Waals surface area contributed by atoms with E-state index in [1.807, 2.05) is 18.1 Å². The Morgan fingerprint density at radius 2 is 2.16 bits per heavy atom. The number of imidazole rings is 1. The molecule has 0 unspecified atom stereocenters. The predicted molar refractivity (Wildman–Crippen MR) is 74.8 cm³/mol. The van der Waals surface area contributed by atoms with Crippen molar-refractivity contribution in [1.82, 2.24) is 14.5 Å². The van der Waals surface area contributed by atoms with Crippen molar-refractivity contribution < 1.29 is 4.79 Å². The first kappa shape index (κ1) is 14.1. The van der Waals surface area contributed by atoms with Crippen LogP contribution in [-0.4, -0.2) is 39.0 Å². The molecule has 1 fully saturated rings. The number of hydrogen-bond acceptors (Lipinski definition) is 3. The second-order valence-electron chi connectivity index (χ2n) is 5.43. The lowest BCUT2D eigenvalue weighted by Gasteiger charge is -2.35. The number of carbonyl (C=O) groups is 1. The molecule has 5 heteroatoms. The van der Waals surface area contributed by atoms with Crippen molar-refractivity contribution in [2.75, 3.05) is 6.54 Å². The number of aromatic nitrogens is 2. The van der Waals surface area contributed by atoms with Crippen LogP contribution in [0.2, 0.25) is 0 Å². The molecule has 0 saturated heterocycles. The third-order valence-corrected chi connectivity index (χ3v) is 3.92. The van der Waals surface area contributed by atoms with E-state index in [2.05, 4.69) is 11.9 Å². The van der Waals surface area contributed by atoms with E-state index >= 15 is 0 Å². The fourth-order valence-electron chi connectivity index (χ4n) is 2.80. The summed E-state index contributed by atoms with van der Waals surface area (Å²) >= 11 is 0. The van der Waals surface area contributed by atoms with Crippen LogP contribution in [0.5, 0.6) is 0 Å². The van der Waals surface area contributed by atoms with Gasteiger partial charge in [-0.25, -0.2) is 4.98 Å². The zero-order valence-corrected chi connectivity index (χ0v) is 11.9. The van der Waals surface area contributed by atoms with Gasteiger partial charge in [-0.3, -0.25) is 4.79 Å². The van der Waals surface area contributed by atoms with Crippen molar-refractivity contribution in [2.45, 2.75) is 51.1 Å². The van der Waals surface area contributed by atoms with Crippen molar-refractivity contribution in [3.8, 4) is 0 Å². The standard InChI is InChI=1S/C14H24N4O/c1-3-9-18(12-6-4-11(15)5-7-12)14(19)13-16-8-10-17(13)2/h8,10-12H,3-7,9,15H2,1-2H3. The Hall–Kier alpha value is -1.36. The summed E-state index contributed by atoms with van der Waals surface area (Å²) in [4.78, 5) is 18.8. The number of hydrogen-bond donors (Lipinski definition) is 1. The summed E-state index contributed by atoms with van der Waals surface area (Å²) in [5.74, 6) is 0.582. The summed E-state index contributed by atoms with van der Waals surface area (Å²) in [5, 5.41) is 0. The van der Waals surface area contributed by atoms with Gasteiger partial charge < -0.3 is 15.2 Å². The van der Waals surface area contributed by atoms with Crippen molar-refractivity contribution in [1.29, 1.82) is 0 Å². The van der Waals surface area contributed by atoms with E-state index in [0.29, 0.717) is 17.9 Å². The molecule has 19 heavy (non-hydrogen) atoms. The van der Waals surface area contributed by atoms with Gasteiger partial charge in [0.2, 0.25) is 0 Å². The largest absolute Gasteiger partial charge is 0.333 e. The summed E-state index contributed by atoms with van der Waals surface area (Å²) in [6.45, 7) is 2.90. The van der Waals surface area contributed by atoms with Gasteiger partial charge in [-0.2, -0.15) is 0 Å². The third-order valence-electron chi connectivity index (χ3n) is 3.92. The van der Waals surface area contributed by atoms with Gasteiger partial charge in [0.1, 0.15) is 0 Å². The van der Waals surface area contributed by atoms with Gasteiger partial charge in [0.15, 0.2) is 5.82 Å². The number of amides is 1. The Kier molecular flexibility index (Phi) is 4.58. The van der Waals surface area contributed by atoms with Crippen molar-refractivity contribution >= 4 is 5.91 Å². The molecule has 1 heterocycles. The van der Waals surface area contributed by atoms with Crippen LogP contribution in [0.4, 0.5) is 0 Å². The fraction of sp³-hybridized carbons (Fsp3) is 0.714. The molecule has 0 aliphatic heterocycles. The highest BCUT2D eigenvalue weighted by Crippen LogP contribution is 2.23. The third kappa shape index (κ3) is 3.15. The Balaban J connectivity index is 2.11. The fourth-order valence-corrected chi connectivity index (χ4v) is 2.80. The van der Waals surface area contributed by atoms with E-state index in [0.717, 1.165) is 38.6 Å². The minimum Gasteiger partial charge on any atom is -0.333 e. The van der Waals surface area contributed by atoms with Crippen LogP contribution in [0.3, 0.4) is 0 Å². The van der Waals surface area contributed by atoms with Crippen LogP contribution in [0, 0.1) is 0 Å². The summed E-state index contributed by atoms with van der Waals surface area (Å²) < 4.78 is 1.79. The van der Waals surface area contributed by atoms with Crippen molar-refractivity contribution in [3.63, 3.8) is 0 Å². The first-order chi connectivity index (χ1) is 9.13. The number of nitrogens with zero attached hydrogens (tertiary/aromatic N) is 3. The van der Waals surface area contributed by atoms with Crippen molar-refractivity contribution in [3.05, 3.63) is 18.2 Å². The van der Waals surface area contributed by atoms with Crippen LogP contribution in [0.15, 0.2) is 12.4 Å². The van der Waals surface area contributed by atoms with Gasteiger partial charge in [0.05, 0.1) is 0 Å². The highest BCUT2D eigenvalue weighted by molar-refractivity contribution is 5.91. The van der Waals surface area contributed by atoms with E-state index in [1.54, 1.807) is 10.8 Å². The van der Waals surface area contributed by atoms with Crippen LogP contribution in [-0.2, 0) is 7.05 Å². The number of carbonyl (C=O) groups excluding carboxylic acids is 1. The molecule has 1 aromatic heterocycles. The molecule has 0 aromatic carbocycles. The first-order valence-corrected chi connectivity index (χ1v) is 7.17. The minimum absolute atomic E-state index is 0.0508. The highest BCUT2D eigenvalue weighted by atomic mass is 16.2. The average Bonchev–Trinajstić information content (AvgIpc) is 2.83. The SMILES string of the molecule is CCCN(C(=O)c1nccn1C)C1CCC(N)CC1. The molecule has 0 atom stereocenters. The Labute approximate surface area is 114 Å². The topological polar surface area (TPSA) is 64.2 Å². The second kappa shape index (κ2) is 6.19. The Morgan fingerprint density at radius 1 is 1.47 bits per heavy atom. The van der Waals surface area contributed by atoms with Crippen LogP contribution < -0.4 is 5.73 Å². The van der Waals surface area contributed by atoms with Gasteiger partial charge in [0, 0.05) is 38.1 Å². The highest BCUT2D eigenvalue weighted by Gasteiger charge is 2.29. The molecule has 1 saturated carbocycles. The summed E-state index contributed by atoms with van der Waals surface area (Å²) in [5.41, 5.74) is 5.95. The second-order valence-corrected chi connectivity index (χ2v) is 5.43. The Bertz CT molecular complexity index is 421. The van der Waals surface area contributed by atoms with Gasteiger partial charge in [-0.15, -0.1) is 0 Å². The first-order valence-electron chi connectivity index (χ1n) is 7.17. The molecule has 1 aliphatic carbocycles. The molecular weight excluding hydrogens is 240 g/mol. The lowest BCUT2D eigenvalue weighted by Crippen LogP contribution is -2.45. The number of aryl methyl sites for hydroxylation is 1. The van der Waals surface area contributed by atoms with E-state index in [-0.39, 0.29) is 5.91 Å². The van der Waals surface area contributed by atoms with Crippen LogP contribution >= 0.6 is 0 Å². The van der Waals surface area contributed by atoms with Gasteiger partial charge in [-0.1, -0.05) is 6.92 Å². The van der Waals surface area contributed by atoms with Crippen LogP contribution in [0.25, 0.3) is 0 Å². The molecule has 1 aliphatic rings. The van der Waals surface area contributed by atoms with Crippen molar-refractivity contribution in [2.24, 2.45) is 12.8 Å². The quantitative estimate of drug-likeness (QED) is 0.897. The molecule has 0 bridgehead atoms. The maximum atomic E-state index is 12.6. The molecule has 0 radical (unpaired) electrons. The molecular formula is C14H24N4O. The molecule has 1 amide bonds. The number of nitrogens with two attached hydrogens (primary N) is 1. The number of rotatable bonds is 4. The lowest BCUT2D eigenvalue weighted by molar-refractivity contribution is 0.0610. The molecule has 2 rings (SSSR count). The maximum absolute atomic E-state index is 12.6. The summed E-state index contributed by atoms with van der Waals surface area (Å²) in [6.07, 6.45) is 8.51. The van der Waals surface area contributed by atoms with Gasteiger partial charge in [-0.05, 0) is 32.1 Å². The maximum Gasteiger partial charge on any atom is 0.290 e. The van der Waals surface area contributed by atoms with Crippen LogP contribution in [0.1, 0.15) is 49.6 Å². The van der Waals surface area contributed by atoms with E-state index < -0.39 is 0 Å². The Morgan fingerprint density at radius 3 is 2.68 bits per heavy atom. The lowest BCUT2D eigenvalue weighted by atomic mass is 9.90. The summed E-state index contributed by atoms with van der Waals surface area (Å²) in [7, 11) is 1.86. The van der Waals surface area contributed by atoms with E-state index in [9.17, 15) is 4.79 Å². The van der Waals surface area contributed by atoms with E-state index in [1.165, 1.54) is 0 Å². The molecule has 0 spiro atoms. The molecule has 5 nitrogen and oxygen atoms in total. The van der Waals surface area contributed by atoms with Gasteiger partial charge in [0.25, 0.3) is 5.91 Å². The molecule has 1 aromatic rings. The predicted octanol–water partition coefficient (Wildman–Crippen LogP) is 1.54. The summed E-state index contributed by atoms with van der Waals surface area (Å²) in [6, 6.07) is 0.631. The molecule has 2 N–H and O–H groups in total. The van der Waals surface area contributed by atoms with Gasteiger partial charge >= 0.3 is 0 Å². The molecule has 106 valence electrons. The van der Waals surface area contributed by atoms with E-state index in [4.69, 9.17) is 5.73 Å². The minimum atomic E-state index is 0.0508. The average molecular weight is 264 g/mol.